The zero-order valence-corrected chi connectivity index (χ0v) is 16.8. The van der Waals surface area contributed by atoms with Crippen molar-refractivity contribution in [2.24, 2.45) is 0 Å². The number of phenolic OH excluding ortho intramolecular Hbond substituents is 1. The Morgan fingerprint density at radius 3 is 1.88 bits per heavy atom. The van der Waals surface area contributed by atoms with E-state index in [-0.39, 0.29) is 0 Å². The number of unbranched alkanes of at least 4 members (excludes halogenated alkanes) is 11. The molecule has 0 radical (unpaired) electrons. The molecule has 1 aromatic rings. The molecule has 0 aromatic heterocycles. The van der Waals surface area contributed by atoms with E-state index in [1.54, 1.807) is 0 Å². The Bertz CT molecular complexity index is 430. The molecular weight excluding hydrogens is 306 g/mol. The van der Waals surface area contributed by atoms with Crippen LogP contribution in [-0.4, -0.2) is 18.7 Å². The largest absolute Gasteiger partial charge is 0.508 e. The van der Waals surface area contributed by atoms with Gasteiger partial charge in [0.15, 0.2) is 0 Å². The third-order valence-corrected chi connectivity index (χ3v) is 5.11. The van der Waals surface area contributed by atoms with Crippen LogP contribution in [0.1, 0.15) is 95.1 Å². The molecular formula is C23H41NO. The highest BCUT2D eigenvalue weighted by atomic mass is 16.3. The third kappa shape index (κ3) is 11.3. The molecule has 0 saturated heterocycles. The van der Waals surface area contributed by atoms with E-state index in [0.29, 0.717) is 5.75 Å². The van der Waals surface area contributed by atoms with Crippen molar-refractivity contribution in [1.82, 2.24) is 5.32 Å². The molecule has 0 spiro atoms. The summed E-state index contributed by atoms with van der Waals surface area (Å²) in [7, 11) is 1.95. The molecule has 0 aliphatic heterocycles. The molecule has 0 fully saturated rings. The van der Waals surface area contributed by atoms with E-state index in [4.69, 9.17) is 0 Å². The smallest absolute Gasteiger partial charge is 0.118 e. The van der Waals surface area contributed by atoms with Gasteiger partial charge < -0.3 is 10.4 Å². The van der Waals surface area contributed by atoms with Crippen molar-refractivity contribution in [2.45, 2.75) is 96.8 Å². The predicted molar refractivity (Wildman–Crippen MR) is 111 cm³/mol. The summed E-state index contributed by atoms with van der Waals surface area (Å²) in [4.78, 5) is 0. The minimum absolute atomic E-state index is 0.439. The van der Waals surface area contributed by atoms with Gasteiger partial charge in [-0.25, -0.2) is 0 Å². The lowest BCUT2D eigenvalue weighted by molar-refractivity contribution is 0.467. The van der Waals surface area contributed by atoms with Gasteiger partial charge in [0.25, 0.3) is 0 Å². The normalized spacial score (nSPS) is 11.1. The average molecular weight is 348 g/mol. The first-order chi connectivity index (χ1) is 12.3. The van der Waals surface area contributed by atoms with Crippen molar-refractivity contribution in [1.29, 1.82) is 0 Å². The van der Waals surface area contributed by atoms with Crippen LogP contribution in [0.5, 0.6) is 5.75 Å². The van der Waals surface area contributed by atoms with Gasteiger partial charge in [0.1, 0.15) is 5.75 Å². The summed E-state index contributed by atoms with van der Waals surface area (Å²) in [6.45, 7) is 3.19. The van der Waals surface area contributed by atoms with Crippen molar-refractivity contribution in [3.63, 3.8) is 0 Å². The molecule has 0 saturated carbocycles. The Hall–Kier alpha value is -1.02. The second kappa shape index (κ2) is 15.3. The van der Waals surface area contributed by atoms with Gasteiger partial charge in [-0.15, -0.1) is 0 Å². The summed E-state index contributed by atoms with van der Waals surface area (Å²) in [5, 5.41) is 13.1. The number of phenols is 1. The molecule has 2 heteroatoms. The van der Waals surface area contributed by atoms with E-state index in [0.717, 1.165) is 24.9 Å². The second-order valence-corrected chi connectivity index (χ2v) is 7.46. The van der Waals surface area contributed by atoms with Gasteiger partial charge in [0, 0.05) is 0 Å². The van der Waals surface area contributed by atoms with Crippen LogP contribution in [0, 0.1) is 0 Å². The molecule has 0 aliphatic rings. The zero-order chi connectivity index (χ0) is 18.2. The van der Waals surface area contributed by atoms with Crippen molar-refractivity contribution in [2.75, 3.05) is 13.6 Å². The van der Waals surface area contributed by atoms with E-state index >= 15 is 0 Å². The van der Waals surface area contributed by atoms with Gasteiger partial charge in [0.2, 0.25) is 0 Å². The predicted octanol–water partition coefficient (Wildman–Crippen LogP) is 6.40. The zero-order valence-electron chi connectivity index (χ0n) is 16.8. The van der Waals surface area contributed by atoms with Crippen LogP contribution in [0.25, 0.3) is 0 Å². The van der Waals surface area contributed by atoms with Crippen LogP contribution in [0.3, 0.4) is 0 Å². The summed E-state index contributed by atoms with van der Waals surface area (Å²) in [6, 6.07) is 6.13. The lowest BCUT2D eigenvalue weighted by atomic mass is 10.0. The third-order valence-electron chi connectivity index (χ3n) is 5.11. The molecule has 25 heavy (non-hydrogen) atoms. The average Bonchev–Trinajstić information content (AvgIpc) is 2.62. The van der Waals surface area contributed by atoms with E-state index < -0.39 is 0 Å². The maximum Gasteiger partial charge on any atom is 0.118 e. The molecule has 1 aromatic carbocycles. The Morgan fingerprint density at radius 2 is 1.32 bits per heavy atom. The summed E-state index contributed by atoms with van der Waals surface area (Å²) in [6.07, 6.45) is 18.8. The Morgan fingerprint density at radius 1 is 0.760 bits per heavy atom. The van der Waals surface area contributed by atoms with Crippen LogP contribution in [0.15, 0.2) is 18.2 Å². The van der Waals surface area contributed by atoms with Crippen molar-refractivity contribution in [3.05, 3.63) is 29.3 Å². The summed E-state index contributed by atoms with van der Waals surface area (Å²) in [5.41, 5.74) is 2.45. The van der Waals surface area contributed by atoms with Crippen molar-refractivity contribution in [3.8, 4) is 5.75 Å². The molecule has 2 nitrogen and oxygen atoms in total. The first kappa shape index (κ1) is 22.0. The number of likely N-dealkylation sites (N-methyl/N-ethyl adjacent to an activating group) is 1. The fourth-order valence-corrected chi connectivity index (χ4v) is 3.42. The lowest BCUT2D eigenvalue weighted by Gasteiger charge is -2.08. The van der Waals surface area contributed by atoms with Gasteiger partial charge in [0.05, 0.1) is 0 Å². The standard InChI is InChI=1S/C23H41NO/c1-3-4-5-6-7-8-9-10-11-12-13-14-15-21-16-17-23(25)22(20-21)18-19-24-2/h16-17,20,24-25H,3-15,18-19H2,1-2H3. The number of nitrogens with one attached hydrogen (secondary N) is 1. The van der Waals surface area contributed by atoms with Gasteiger partial charge in [-0.2, -0.15) is 0 Å². The number of rotatable bonds is 16. The van der Waals surface area contributed by atoms with Crippen LogP contribution >= 0.6 is 0 Å². The Balaban J connectivity index is 2.01. The Labute approximate surface area is 156 Å². The first-order valence-corrected chi connectivity index (χ1v) is 10.7. The van der Waals surface area contributed by atoms with Gasteiger partial charge >= 0.3 is 0 Å². The second-order valence-electron chi connectivity index (χ2n) is 7.46. The minimum atomic E-state index is 0.439. The van der Waals surface area contributed by atoms with E-state index in [1.165, 1.54) is 82.6 Å². The van der Waals surface area contributed by atoms with E-state index in [9.17, 15) is 5.11 Å². The van der Waals surface area contributed by atoms with Gasteiger partial charge in [-0.05, 0) is 50.0 Å². The number of hydrogen-bond donors (Lipinski definition) is 2. The molecule has 144 valence electrons. The van der Waals surface area contributed by atoms with Gasteiger partial charge in [-0.3, -0.25) is 0 Å². The fourth-order valence-electron chi connectivity index (χ4n) is 3.42. The van der Waals surface area contributed by atoms with E-state index in [1.807, 2.05) is 13.1 Å². The molecule has 0 atom stereocenters. The highest BCUT2D eigenvalue weighted by Crippen LogP contribution is 2.20. The van der Waals surface area contributed by atoms with Crippen LogP contribution < -0.4 is 5.32 Å². The lowest BCUT2D eigenvalue weighted by Crippen LogP contribution is -2.10. The van der Waals surface area contributed by atoms with Crippen LogP contribution in [-0.2, 0) is 12.8 Å². The number of aryl methyl sites for hydroxylation is 1. The maximum absolute atomic E-state index is 9.91. The first-order valence-electron chi connectivity index (χ1n) is 10.7. The molecule has 1 rings (SSSR count). The van der Waals surface area contributed by atoms with Crippen LogP contribution in [0.2, 0.25) is 0 Å². The summed E-state index contributed by atoms with van der Waals surface area (Å²) in [5.74, 6) is 0.439. The summed E-state index contributed by atoms with van der Waals surface area (Å²) < 4.78 is 0. The Kier molecular flexibility index (Phi) is 13.4. The maximum atomic E-state index is 9.91. The molecule has 0 unspecified atom stereocenters. The summed E-state index contributed by atoms with van der Waals surface area (Å²) >= 11 is 0. The highest BCUT2D eigenvalue weighted by Gasteiger charge is 2.03. The monoisotopic (exact) mass is 347 g/mol. The van der Waals surface area contributed by atoms with Crippen molar-refractivity contribution >= 4 is 0 Å². The van der Waals surface area contributed by atoms with Gasteiger partial charge in [-0.1, -0.05) is 89.7 Å². The quantitative estimate of drug-likeness (QED) is 0.339. The SMILES string of the molecule is CCCCCCCCCCCCCCc1ccc(O)c(CCNC)c1. The molecule has 2 N–H and O–H groups in total. The number of benzene rings is 1. The van der Waals surface area contributed by atoms with Crippen LogP contribution in [0.4, 0.5) is 0 Å². The molecule has 0 amide bonds. The molecule has 0 bridgehead atoms. The van der Waals surface area contributed by atoms with E-state index in [2.05, 4.69) is 24.4 Å². The highest BCUT2D eigenvalue weighted by molar-refractivity contribution is 5.36. The molecule has 0 aliphatic carbocycles. The minimum Gasteiger partial charge on any atom is -0.508 e. The number of aromatic hydroxyl groups is 1. The van der Waals surface area contributed by atoms with Crippen molar-refractivity contribution < 1.29 is 5.11 Å². The topological polar surface area (TPSA) is 32.3 Å². The number of hydrogen-bond acceptors (Lipinski definition) is 2. The fraction of sp³-hybridized carbons (Fsp3) is 0.739. The molecule has 0 heterocycles.